The lowest BCUT2D eigenvalue weighted by molar-refractivity contribution is 0.0150. The van der Waals surface area contributed by atoms with Gasteiger partial charge in [-0.25, -0.2) is 0 Å². The van der Waals surface area contributed by atoms with E-state index >= 15 is 0 Å². The fourth-order valence-electron chi connectivity index (χ4n) is 1.63. The number of aliphatic hydroxyl groups is 1. The van der Waals surface area contributed by atoms with Gasteiger partial charge >= 0.3 is 0 Å². The van der Waals surface area contributed by atoms with Crippen molar-refractivity contribution in [1.29, 1.82) is 0 Å². The Bertz CT molecular complexity index is 238. The summed E-state index contributed by atoms with van der Waals surface area (Å²) in [7, 11) is 0. The van der Waals surface area contributed by atoms with Gasteiger partial charge in [0, 0.05) is 0 Å². The zero-order valence-electron chi connectivity index (χ0n) is 9.11. The molecule has 1 aliphatic rings. The van der Waals surface area contributed by atoms with Crippen LogP contribution < -0.4 is 0 Å². The number of rotatable bonds is 3. The summed E-state index contributed by atoms with van der Waals surface area (Å²) in [6.07, 6.45) is 6.15. The van der Waals surface area contributed by atoms with Gasteiger partial charge in [-0.2, -0.15) is 0 Å². The molecule has 1 heterocycles. The third-order valence-corrected chi connectivity index (χ3v) is 5.78. The standard InChI is InChI=1S/C10H20IO2P/c1-7-9(11)10(12)8(13-7)5-6-14(2,3)4/h7-10,12H,2,5-6H2,1,3-4H3/t7-,8+,9?,10+/m0/s1. The highest BCUT2D eigenvalue weighted by Gasteiger charge is 2.39. The van der Waals surface area contributed by atoms with Crippen molar-refractivity contribution in [1.82, 2.24) is 0 Å². The number of alkyl halides is 1. The van der Waals surface area contributed by atoms with Crippen LogP contribution in [0.3, 0.4) is 0 Å². The molecule has 0 aromatic rings. The summed E-state index contributed by atoms with van der Waals surface area (Å²) in [6, 6.07) is 0. The molecule has 0 aromatic heterocycles. The molecular formula is C10H20IO2P. The molecule has 0 amide bonds. The van der Waals surface area contributed by atoms with Gasteiger partial charge in [-0.05, 0) is 32.8 Å². The van der Waals surface area contributed by atoms with Crippen molar-refractivity contribution >= 4 is 35.8 Å². The highest BCUT2D eigenvalue weighted by molar-refractivity contribution is 14.1. The predicted octanol–water partition coefficient (Wildman–Crippen LogP) is 2.04. The molecule has 4 heteroatoms. The Balaban J connectivity index is 2.44. The van der Waals surface area contributed by atoms with E-state index in [1.807, 2.05) is 6.92 Å². The molecule has 14 heavy (non-hydrogen) atoms. The molecule has 84 valence electrons. The van der Waals surface area contributed by atoms with Crippen molar-refractivity contribution in [3.8, 4) is 0 Å². The van der Waals surface area contributed by atoms with E-state index in [4.69, 9.17) is 4.74 Å². The molecule has 1 N–H and O–H groups in total. The van der Waals surface area contributed by atoms with Gasteiger partial charge in [0.1, 0.15) is 0 Å². The number of hydrogen-bond donors (Lipinski definition) is 1. The van der Waals surface area contributed by atoms with Crippen LogP contribution in [-0.4, -0.2) is 53.1 Å². The average molecular weight is 330 g/mol. The normalized spacial score (nSPS) is 38.9. The quantitative estimate of drug-likeness (QED) is 0.488. The fourth-order valence-corrected chi connectivity index (χ4v) is 3.22. The van der Waals surface area contributed by atoms with Crippen molar-refractivity contribution in [2.75, 3.05) is 19.5 Å². The fraction of sp³-hybridized carbons (Fsp3) is 0.900. The summed E-state index contributed by atoms with van der Waals surface area (Å²) in [5.74, 6) is 0. The third kappa shape index (κ3) is 3.51. The van der Waals surface area contributed by atoms with Crippen LogP contribution in [0.5, 0.6) is 0 Å². The molecule has 0 aromatic carbocycles. The summed E-state index contributed by atoms with van der Waals surface area (Å²) >= 11 is 2.28. The minimum atomic E-state index is -0.978. The van der Waals surface area contributed by atoms with Crippen LogP contribution in [0.4, 0.5) is 0 Å². The van der Waals surface area contributed by atoms with Gasteiger partial charge in [-0.15, -0.1) is 13.2 Å². The Morgan fingerprint density at radius 3 is 2.43 bits per heavy atom. The Labute approximate surface area is 101 Å². The molecule has 0 spiro atoms. The monoisotopic (exact) mass is 330 g/mol. The van der Waals surface area contributed by atoms with Gasteiger partial charge in [-0.3, -0.25) is 0 Å². The topological polar surface area (TPSA) is 29.5 Å². The molecule has 0 radical (unpaired) electrons. The zero-order chi connectivity index (χ0) is 10.9. The van der Waals surface area contributed by atoms with Crippen LogP contribution in [0.15, 0.2) is 0 Å². The molecule has 4 atom stereocenters. The van der Waals surface area contributed by atoms with Crippen LogP contribution in [0.1, 0.15) is 13.3 Å². The SMILES string of the molecule is C=P(C)(C)CC[C@H]1O[C@@H](C)C(I)[C@@H]1O. The zero-order valence-corrected chi connectivity index (χ0v) is 12.2. The summed E-state index contributed by atoms with van der Waals surface area (Å²) < 4.78 is 5.95. The number of aliphatic hydroxyl groups excluding tert-OH is 1. The van der Waals surface area contributed by atoms with E-state index in [2.05, 4.69) is 42.2 Å². The molecule has 1 saturated heterocycles. The maximum Gasteiger partial charge on any atom is 0.0944 e. The first-order valence-electron chi connectivity index (χ1n) is 4.96. The molecule has 1 unspecified atom stereocenters. The van der Waals surface area contributed by atoms with Crippen molar-refractivity contribution in [2.45, 2.75) is 35.6 Å². The third-order valence-electron chi connectivity index (χ3n) is 2.56. The highest BCUT2D eigenvalue weighted by Crippen LogP contribution is 2.38. The van der Waals surface area contributed by atoms with Crippen LogP contribution in [0.25, 0.3) is 0 Å². The van der Waals surface area contributed by atoms with Crippen molar-refractivity contribution in [3.05, 3.63) is 0 Å². The second-order valence-corrected chi connectivity index (χ2v) is 10.5. The van der Waals surface area contributed by atoms with Crippen molar-refractivity contribution in [2.24, 2.45) is 0 Å². The second-order valence-electron chi connectivity index (χ2n) is 4.76. The molecular weight excluding hydrogens is 310 g/mol. The lowest BCUT2D eigenvalue weighted by atomic mass is 10.1. The first-order chi connectivity index (χ1) is 6.31. The van der Waals surface area contributed by atoms with E-state index in [1.54, 1.807) is 0 Å². The van der Waals surface area contributed by atoms with E-state index in [9.17, 15) is 5.11 Å². The Hall–Kier alpha value is 0.950. The molecule has 1 fully saturated rings. The van der Waals surface area contributed by atoms with Crippen molar-refractivity contribution in [3.63, 3.8) is 0 Å². The largest absolute Gasteiger partial charge is 0.389 e. The number of halogens is 1. The highest BCUT2D eigenvalue weighted by atomic mass is 127. The van der Waals surface area contributed by atoms with Gasteiger partial charge in [-0.1, -0.05) is 22.6 Å². The van der Waals surface area contributed by atoms with Crippen LogP contribution in [0, 0.1) is 0 Å². The van der Waals surface area contributed by atoms with E-state index in [0.717, 1.165) is 12.6 Å². The summed E-state index contributed by atoms with van der Waals surface area (Å²) in [4.78, 5) is 0. The predicted molar refractivity (Wildman–Crippen MR) is 73.5 cm³/mol. The first kappa shape index (κ1) is 13.0. The van der Waals surface area contributed by atoms with Crippen LogP contribution in [0.2, 0.25) is 0 Å². The molecule has 0 saturated carbocycles. The van der Waals surface area contributed by atoms with Gasteiger partial charge in [0.15, 0.2) is 0 Å². The number of ether oxygens (including phenoxy) is 1. The van der Waals surface area contributed by atoms with Gasteiger partial charge in [0.2, 0.25) is 0 Å². The summed E-state index contributed by atoms with van der Waals surface area (Å²) in [5.41, 5.74) is 0. The van der Waals surface area contributed by atoms with E-state index in [0.29, 0.717) is 0 Å². The van der Waals surface area contributed by atoms with E-state index in [-0.39, 0.29) is 22.2 Å². The second kappa shape index (κ2) is 4.86. The smallest absolute Gasteiger partial charge is 0.0944 e. The van der Waals surface area contributed by atoms with Gasteiger partial charge < -0.3 is 9.84 Å². The van der Waals surface area contributed by atoms with E-state index < -0.39 is 6.89 Å². The minimum absolute atomic E-state index is 0.0351. The maximum absolute atomic E-state index is 9.88. The number of hydrogen-bond acceptors (Lipinski definition) is 2. The average Bonchev–Trinajstić information content (AvgIpc) is 2.28. The van der Waals surface area contributed by atoms with Gasteiger partial charge in [0.05, 0.1) is 22.2 Å². The van der Waals surface area contributed by atoms with Crippen LogP contribution >= 0.6 is 29.5 Å². The molecule has 0 bridgehead atoms. The summed E-state index contributed by atoms with van der Waals surface area (Å²) in [5, 5.41) is 9.88. The first-order valence-corrected chi connectivity index (χ1v) is 9.26. The van der Waals surface area contributed by atoms with E-state index in [1.165, 1.54) is 0 Å². The van der Waals surface area contributed by atoms with Gasteiger partial charge in [0.25, 0.3) is 0 Å². The Morgan fingerprint density at radius 2 is 2.07 bits per heavy atom. The minimum Gasteiger partial charge on any atom is -0.389 e. The molecule has 1 rings (SSSR count). The Morgan fingerprint density at radius 1 is 1.50 bits per heavy atom. The Kier molecular flexibility index (Phi) is 4.51. The molecule has 0 aliphatic carbocycles. The maximum atomic E-state index is 9.88. The van der Waals surface area contributed by atoms with Crippen LogP contribution in [-0.2, 0) is 4.74 Å². The lowest BCUT2D eigenvalue weighted by Gasteiger charge is -2.18. The molecule has 2 nitrogen and oxygen atoms in total. The summed E-state index contributed by atoms with van der Waals surface area (Å²) in [6.45, 7) is 5.50. The van der Waals surface area contributed by atoms with Crippen molar-refractivity contribution < 1.29 is 9.84 Å². The molecule has 1 aliphatic heterocycles. The lowest BCUT2D eigenvalue weighted by Crippen LogP contribution is -2.27.